The van der Waals surface area contributed by atoms with Crippen LogP contribution in [-0.4, -0.2) is 24.7 Å². The summed E-state index contributed by atoms with van der Waals surface area (Å²) in [5.41, 5.74) is 1.53. The van der Waals surface area contributed by atoms with Gasteiger partial charge in [-0.05, 0) is 12.1 Å². The van der Waals surface area contributed by atoms with E-state index in [1.165, 1.54) is 10.9 Å². The summed E-state index contributed by atoms with van der Waals surface area (Å²) in [6.45, 7) is 0.302. The molecule has 0 fully saturated rings. The summed E-state index contributed by atoms with van der Waals surface area (Å²) in [6, 6.07) is 17.0. The lowest BCUT2D eigenvalue weighted by atomic mass is 10.2. The molecule has 2 aromatic heterocycles. The van der Waals surface area contributed by atoms with Crippen LogP contribution in [0.3, 0.4) is 0 Å². The minimum absolute atomic E-state index is 0.0896. The first-order valence-electron chi connectivity index (χ1n) is 7.22. The second-order valence-electron chi connectivity index (χ2n) is 5.17. The molecule has 0 unspecified atom stereocenters. The zero-order chi connectivity index (χ0) is 15.6. The molecule has 0 saturated carbocycles. The van der Waals surface area contributed by atoms with Crippen molar-refractivity contribution in [3.05, 3.63) is 77.1 Å². The highest BCUT2D eigenvalue weighted by Gasteiger charge is 2.08. The molecule has 4 aromatic rings. The molecule has 4 rings (SSSR count). The highest BCUT2D eigenvalue weighted by Crippen LogP contribution is 2.13. The van der Waals surface area contributed by atoms with E-state index >= 15 is 0 Å². The molecule has 0 aliphatic rings. The Morgan fingerprint density at radius 1 is 1.00 bits per heavy atom. The molecule has 6 nitrogen and oxygen atoms in total. The number of H-pyrrole nitrogens is 1. The molecule has 0 bridgehead atoms. The Labute approximate surface area is 131 Å². The second kappa shape index (κ2) is 5.49. The number of benzene rings is 2. The van der Waals surface area contributed by atoms with Crippen molar-refractivity contribution in [3.63, 3.8) is 0 Å². The fourth-order valence-electron chi connectivity index (χ4n) is 2.46. The third-order valence-corrected chi connectivity index (χ3v) is 3.62. The van der Waals surface area contributed by atoms with Gasteiger partial charge in [0.25, 0.3) is 5.56 Å². The largest absolute Gasteiger partial charge is 0.291 e. The molecule has 2 heterocycles. The molecule has 0 spiro atoms. The minimum atomic E-state index is -0.0896. The molecule has 6 heteroatoms. The SMILES string of the molecule is O=c1c2ccccc2ncn1Cc1nc(-c2ccccc2)n[nH]1. The molecule has 0 aliphatic carbocycles. The van der Waals surface area contributed by atoms with Gasteiger partial charge < -0.3 is 0 Å². The van der Waals surface area contributed by atoms with Crippen molar-refractivity contribution in [1.82, 2.24) is 24.7 Å². The summed E-state index contributed by atoms with van der Waals surface area (Å²) in [5.74, 6) is 1.23. The van der Waals surface area contributed by atoms with Crippen molar-refractivity contribution in [2.75, 3.05) is 0 Å². The Balaban J connectivity index is 1.68. The van der Waals surface area contributed by atoms with Gasteiger partial charge in [0.1, 0.15) is 5.82 Å². The number of rotatable bonds is 3. The number of nitrogens with one attached hydrogen (secondary N) is 1. The zero-order valence-corrected chi connectivity index (χ0v) is 12.2. The van der Waals surface area contributed by atoms with Crippen LogP contribution in [0.5, 0.6) is 0 Å². The number of aromatic nitrogens is 5. The molecule has 0 atom stereocenters. The van der Waals surface area contributed by atoms with E-state index in [2.05, 4.69) is 20.2 Å². The van der Waals surface area contributed by atoms with E-state index < -0.39 is 0 Å². The maximum atomic E-state index is 12.5. The maximum Gasteiger partial charge on any atom is 0.261 e. The van der Waals surface area contributed by atoms with Crippen LogP contribution in [0.25, 0.3) is 22.3 Å². The number of nitrogens with zero attached hydrogens (tertiary/aromatic N) is 4. The number of para-hydroxylation sites is 1. The van der Waals surface area contributed by atoms with Gasteiger partial charge in [-0.3, -0.25) is 14.5 Å². The topological polar surface area (TPSA) is 76.5 Å². The number of hydrogen-bond acceptors (Lipinski definition) is 4. The maximum absolute atomic E-state index is 12.5. The predicted octanol–water partition coefficient (Wildman–Crippen LogP) is 2.23. The summed E-state index contributed by atoms with van der Waals surface area (Å²) in [7, 11) is 0. The molecule has 0 aliphatic heterocycles. The third kappa shape index (κ3) is 2.50. The van der Waals surface area contributed by atoms with E-state index in [0.717, 1.165) is 5.56 Å². The Bertz CT molecular complexity index is 1020. The van der Waals surface area contributed by atoms with Gasteiger partial charge in [-0.15, -0.1) is 0 Å². The molecule has 0 radical (unpaired) electrons. The number of aromatic amines is 1. The predicted molar refractivity (Wildman–Crippen MR) is 86.9 cm³/mol. The quantitative estimate of drug-likeness (QED) is 0.629. The van der Waals surface area contributed by atoms with Gasteiger partial charge in [0, 0.05) is 5.56 Å². The van der Waals surface area contributed by atoms with Crippen LogP contribution in [-0.2, 0) is 6.54 Å². The standard InChI is InChI=1S/C17H13N5O/c23-17-13-8-4-5-9-14(13)18-11-22(17)10-15-19-16(21-20-15)12-6-2-1-3-7-12/h1-9,11H,10H2,(H,19,20,21). The van der Waals surface area contributed by atoms with E-state index in [4.69, 9.17) is 0 Å². The van der Waals surface area contributed by atoms with Crippen LogP contribution in [0, 0.1) is 0 Å². The summed E-state index contributed by atoms with van der Waals surface area (Å²) in [6.07, 6.45) is 1.54. The van der Waals surface area contributed by atoms with E-state index in [0.29, 0.717) is 29.1 Å². The van der Waals surface area contributed by atoms with Gasteiger partial charge in [-0.25, -0.2) is 9.97 Å². The van der Waals surface area contributed by atoms with Crippen LogP contribution in [0.15, 0.2) is 65.7 Å². The van der Waals surface area contributed by atoms with Crippen molar-refractivity contribution in [2.24, 2.45) is 0 Å². The molecule has 0 saturated heterocycles. The molecular weight excluding hydrogens is 290 g/mol. The van der Waals surface area contributed by atoms with E-state index in [-0.39, 0.29) is 5.56 Å². The normalized spacial score (nSPS) is 11.0. The van der Waals surface area contributed by atoms with Crippen LogP contribution >= 0.6 is 0 Å². The zero-order valence-electron chi connectivity index (χ0n) is 12.2. The molecule has 1 N–H and O–H groups in total. The molecule has 112 valence electrons. The first kappa shape index (κ1) is 13.4. The van der Waals surface area contributed by atoms with E-state index in [9.17, 15) is 4.79 Å². The van der Waals surface area contributed by atoms with Crippen molar-refractivity contribution >= 4 is 10.9 Å². The average Bonchev–Trinajstić information content (AvgIpc) is 3.07. The van der Waals surface area contributed by atoms with E-state index in [1.807, 2.05) is 48.5 Å². The highest BCUT2D eigenvalue weighted by atomic mass is 16.1. The van der Waals surface area contributed by atoms with Crippen molar-refractivity contribution in [3.8, 4) is 11.4 Å². The van der Waals surface area contributed by atoms with Crippen LogP contribution in [0.4, 0.5) is 0 Å². The van der Waals surface area contributed by atoms with Gasteiger partial charge in [0.15, 0.2) is 5.82 Å². The van der Waals surface area contributed by atoms with Crippen molar-refractivity contribution in [2.45, 2.75) is 6.54 Å². The van der Waals surface area contributed by atoms with Gasteiger partial charge >= 0.3 is 0 Å². The lowest BCUT2D eigenvalue weighted by Gasteiger charge is -2.03. The average molecular weight is 303 g/mol. The lowest BCUT2D eigenvalue weighted by molar-refractivity contribution is 0.710. The molecule has 2 aromatic carbocycles. The molecular formula is C17H13N5O. The summed E-state index contributed by atoms with van der Waals surface area (Å²) in [4.78, 5) is 21.2. The fourth-order valence-corrected chi connectivity index (χ4v) is 2.46. The smallest absolute Gasteiger partial charge is 0.261 e. The Kier molecular flexibility index (Phi) is 3.20. The molecule has 23 heavy (non-hydrogen) atoms. The molecule has 0 amide bonds. The Morgan fingerprint density at radius 3 is 2.65 bits per heavy atom. The number of hydrogen-bond donors (Lipinski definition) is 1. The third-order valence-electron chi connectivity index (χ3n) is 3.62. The van der Waals surface area contributed by atoms with Crippen molar-refractivity contribution in [1.29, 1.82) is 0 Å². The number of fused-ring (bicyclic) bond motifs is 1. The van der Waals surface area contributed by atoms with Gasteiger partial charge in [0.2, 0.25) is 0 Å². The minimum Gasteiger partial charge on any atom is -0.291 e. The lowest BCUT2D eigenvalue weighted by Crippen LogP contribution is -2.21. The first-order chi connectivity index (χ1) is 11.3. The Morgan fingerprint density at radius 2 is 1.78 bits per heavy atom. The van der Waals surface area contributed by atoms with Gasteiger partial charge in [0.05, 0.1) is 23.8 Å². The summed E-state index contributed by atoms with van der Waals surface area (Å²) >= 11 is 0. The fraction of sp³-hybridized carbons (Fsp3) is 0.0588. The van der Waals surface area contributed by atoms with Gasteiger partial charge in [-0.2, -0.15) is 5.10 Å². The summed E-state index contributed by atoms with van der Waals surface area (Å²) in [5, 5.41) is 7.68. The highest BCUT2D eigenvalue weighted by molar-refractivity contribution is 5.76. The van der Waals surface area contributed by atoms with Crippen LogP contribution < -0.4 is 5.56 Å². The van der Waals surface area contributed by atoms with E-state index in [1.54, 1.807) is 6.07 Å². The first-order valence-corrected chi connectivity index (χ1v) is 7.22. The Hall–Kier alpha value is -3.28. The van der Waals surface area contributed by atoms with Crippen LogP contribution in [0.1, 0.15) is 5.82 Å². The van der Waals surface area contributed by atoms with Crippen molar-refractivity contribution < 1.29 is 0 Å². The van der Waals surface area contributed by atoms with Crippen LogP contribution in [0.2, 0.25) is 0 Å². The monoisotopic (exact) mass is 303 g/mol. The van der Waals surface area contributed by atoms with Gasteiger partial charge in [-0.1, -0.05) is 42.5 Å². The second-order valence-corrected chi connectivity index (χ2v) is 5.17. The summed E-state index contributed by atoms with van der Waals surface area (Å²) < 4.78 is 1.53.